The van der Waals surface area contributed by atoms with Crippen LogP contribution >= 0.6 is 0 Å². The van der Waals surface area contributed by atoms with Crippen LogP contribution in [0.25, 0.3) is 11.1 Å². The molecule has 1 aromatic heterocycles. The van der Waals surface area contributed by atoms with Crippen LogP contribution in [0.3, 0.4) is 0 Å². The lowest BCUT2D eigenvalue weighted by atomic mass is 9.93. The maximum absolute atomic E-state index is 14.3. The lowest BCUT2D eigenvalue weighted by molar-refractivity contribution is 0.0600. The number of aromatic nitrogens is 1. The number of benzene rings is 3. The van der Waals surface area contributed by atoms with E-state index in [0.29, 0.717) is 28.3 Å². The highest BCUT2D eigenvalue weighted by atomic mass is 16.5. The Hall–Kier alpha value is -4.32. The van der Waals surface area contributed by atoms with Crippen LogP contribution in [0.15, 0.2) is 84.9 Å². The van der Waals surface area contributed by atoms with Gasteiger partial charge in [-0.2, -0.15) is 0 Å². The number of methoxy groups -OCH3 is 2. The highest BCUT2D eigenvalue weighted by Gasteiger charge is 2.33. The summed E-state index contributed by atoms with van der Waals surface area (Å²) in [5.74, 6) is 0.0357. The second-order valence-corrected chi connectivity index (χ2v) is 8.18. The fourth-order valence-corrected chi connectivity index (χ4v) is 4.29. The van der Waals surface area contributed by atoms with Gasteiger partial charge in [0.2, 0.25) is 5.78 Å². The van der Waals surface area contributed by atoms with Crippen molar-refractivity contribution < 1.29 is 19.1 Å². The molecular formula is C29H28N2O4. The van der Waals surface area contributed by atoms with Gasteiger partial charge >= 0.3 is 5.97 Å². The van der Waals surface area contributed by atoms with Crippen LogP contribution < -0.4 is 10.1 Å². The van der Waals surface area contributed by atoms with Gasteiger partial charge in [-0.25, -0.2) is 4.79 Å². The van der Waals surface area contributed by atoms with Gasteiger partial charge in [-0.1, -0.05) is 66.7 Å². The normalized spacial score (nSPS) is 11.5. The molecule has 0 saturated heterocycles. The Bertz CT molecular complexity index is 1340. The molecule has 35 heavy (non-hydrogen) atoms. The molecule has 0 aliphatic heterocycles. The molecule has 0 aliphatic carbocycles. The van der Waals surface area contributed by atoms with Gasteiger partial charge in [-0.05, 0) is 30.2 Å². The Morgan fingerprint density at radius 1 is 0.886 bits per heavy atom. The van der Waals surface area contributed by atoms with E-state index in [1.54, 1.807) is 18.7 Å². The lowest BCUT2D eigenvalue weighted by Gasteiger charge is -2.21. The van der Waals surface area contributed by atoms with Crippen molar-refractivity contribution in [3.05, 3.63) is 107 Å². The molecule has 0 saturated carbocycles. The number of carbonyl (C=O) groups is 2. The Morgan fingerprint density at radius 2 is 1.54 bits per heavy atom. The fraction of sp³-hybridized carbons (Fsp3) is 0.172. The molecule has 6 heteroatoms. The van der Waals surface area contributed by atoms with E-state index < -0.39 is 12.0 Å². The van der Waals surface area contributed by atoms with Crippen LogP contribution in [0.1, 0.15) is 38.1 Å². The summed E-state index contributed by atoms with van der Waals surface area (Å²) in [6, 6.07) is 25.7. The van der Waals surface area contributed by atoms with E-state index in [4.69, 9.17) is 9.47 Å². The maximum atomic E-state index is 14.3. The van der Waals surface area contributed by atoms with Gasteiger partial charge in [-0.3, -0.25) is 4.79 Å². The highest BCUT2D eigenvalue weighted by molar-refractivity contribution is 6.11. The standard InChI is InChI=1S/C29H28N2O4/c1-19-24(29(33)35-4)25(20-12-7-5-8-13-20)27(31(19)2)28(32)26(21-14-9-6-10-15-21)30-22-16-11-17-23(18-22)34-3/h5-18,26,30H,1-4H3. The molecule has 0 spiro atoms. The van der Waals surface area contributed by atoms with E-state index in [-0.39, 0.29) is 5.78 Å². The van der Waals surface area contributed by atoms with Gasteiger partial charge in [-0.15, -0.1) is 0 Å². The number of hydrogen-bond acceptors (Lipinski definition) is 5. The predicted octanol–water partition coefficient (Wildman–Crippen LogP) is 5.83. The van der Waals surface area contributed by atoms with E-state index in [0.717, 1.165) is 16.8 Å². The van der Waals surface area contributed by atoms with Gasteiger partial charge in [0, 0.05) is 30.1 Å². The van der Waals surface area contributed by atoms with Crippen molar-refractivity contribution in [1.29, 1.82) is 0 Å². The Kier molecular flexibility index (Phi) is 7.01. The Balaban J connectivity index is 1.91. The third-order valence-corrected chi connectivity index (χ3v) is 6.15. The topological polar surface area (TPSA) is 69.6 Å². The summed E-state index contributed by atoms with van der Waals surface area (Å²) < 4.78 is 12.2. The van der Waals surface area contributed by atoms with Crippen molar-refractivity contribution in [3.8, 4) is 16.9 Å². The predicted molar refractivity (Wildman–Crippen MR) is 137 cm³/mol. The average Bonchev–Trinajstić information content (AvgIpc) is 3.17. The third kappa shape index (κ3) is 4.68. The average molecular weight is 469 g/mol. The number of ketones is 1. The molecule has 3 aromatic carbocycles. The zero-order chi connectivity index (χ0) is 24.9. The molecule has 6 nitrogen and oxygen atoms in total. The third-order valence-electron chi connectivity index (χ3n) is 6.15. The summed E-state index contributed by atoms with van der Waals surface area (Å²) in [6.07, 6.45) is 0. The summed E-state index contributed by atoms with van der Waals surface area (Å²) in [5, 5.41) is 3.39. The number of nitrogens with zero attached hydrogens (tertiary/aromatic N) is 1. The van der Waals surface area contributed by atoms with E-state index >= 15 is 0 Å². The van der Waals surface area contributed by atoms with Crippen LogP contribution in [-0.2, 0) is 11.8 Å². The molecule has 0 radical (unpaired) electrons. The number of hydrogen-bond donors (Lipinski definition) is 1. The maximum Gasteiger partial charge on any atom is 0.340 e. The molecule has 0 amide bonds. The number of carbonyl (C=O) groups excluding carboxylic acids is 2. The van der Waals surface area contributed by atoms with E-state index in [1.165, 1.54) is 7.11 Å². The minimum Gasteiger partial charge on any atom is -0.497 e. The van der Waals surface area contributed by atoms with Crippen LogP contribution in [-0.4, -0.2) is 30.5 Å². The first-order valence-corrected chi connectivity index (χ1v) is 11.3. The Morgan fingerprint density at radius 3 is 2.17 bits per heavy atom. The van der Waals surface area contributed by atoms with Crippen molar-refractivity contribution in [2.45, 2.75) is 13.0 Å². The van der Waals surface area contributed by atoms with E-state index in [2.05, 4.69) is 5.32 Å². The smallest absolute Gasteiger partial charge is 0.340 e. The first-order chi connectivity index (χ1) is 17.0. The SMILES string of the molecule is COC(=O)c1c(-c2ccccc2)c(C(=O)C(Nc2cccc(OC)c2)c2ccccc2)n(C)c1C. The summed E-state index contributed by atoms with van der Waals surface area (Å²) in [5.41, 5.74) is 4.36. The molecule has 4 aromatic rings. The first kappa shape index (κ1) is 23.8. The van der Waals surface area contributed by atoms with E-state index in [1.807, 2.05) is 91.9 Å². The minimum atomic E-state index is -0.704. The van der Waals surface area contributed by atoms with Crippen molar-refractivity contribution in [3.63, 3.8) is 0 Å². The molecule has 1 N–H and O–H groups in total. The van der Waals surface area contributed by atoms with Crippen molar-refractivity contribution in [2.24, 2.45) is 7.05 Å². The second-order valence-electron chi connectivity index (χ2n) is 8.18. The zero-order valence-electron chi connectivity index (χ0n) is 20.2. The van der Waals surface area contributed by atoms with Crippen LogP contribution in [0.5, 0.6) is 5.75 Å². The molecule has 4 rings (SSSR count). The van der Waals surface area contributed by atoms with Crippen molar-refractivity contribution >= 4 is 17.4 Å². The number of ether oxygens (including phenoxy) is 2. The summed E-state index contributed by atoms with van der Waals surface area (Å²) in [6.45, 7) is 1.82. The van der Waals surface area contributed by atoms with Crippen LogP contribution in [0.2, 0.25) is 0 Å². The summed E-state index contributed by atoms with van der Waals surface area (Å²) in [7, 11) is 4.75. The van der Waals surface area contributed by atoms with E-state index in [9.17, 15) is 9.59 Å². The molecule has 0 aliphatic rings. The number of Topliss-reactive ketones (excluding diaryl/α,β-unsaturated/α-hetero) is 1. The largest absolute Gasteiger partial charge is 0.497 e. The van der Waals surface area contributed by atoms with Gasteiger partial charge in [0.05, 0.1) is 25.5 Å². The molecular weight excluding hydrogens is 440 g/mol. The van der Waals surface area contributed by atoms with Gasteiger partial charge in [0.1, 0.15) is 11.8 Å². The molecule has 0 fully saturated rings. The van der Waals surface area contributed by atoms with Gasteiger partial charge in [0.15, 0.2) is 0 Å². The lowest BCUT2D eigenvalue weighted by Crippen LogP contribution is -2.24. The van der Waals surface area contributed by atoms with Crippen LogP contribution in [0.4, 0.5) is 5.69 Å². The summed E-state index contributed by atoms with van der Waals surface area (Å²) >= 11 is 0. The van der Waals surface area contributed by atoms with Crippen molar-refractivity contribution in [2.75, 3.05) is 19.5 Å². The minimum absolute atomic E-state index is 0.168. The number of anilines is 1. The number of esters is 1. The van der Waals surface area contributed by atoms with Gasteiger partial charge in [0.25, 0.3) is 0 Å². The molecule has 1 heterocycles. The molecule has 1 unspecified atom stereocenters. The molecule has 1 atom stereocenters. The second kappa shape index (κ2) is 10.3. The quantitative estimate of drug-likeness (QED) is 0.260. The number of nitrogens with one attached hydrogen (secondary N) is 1. The fourth-order valence-electron chi connectivity index (χ4n) is 4.29. The first-order valence-electron chi connectivity index (χ1n) is 11.3. The van der Waals surface area contributed by atoms with Gasteiger partial charge < -0.3 is 19.4 Å². The Labute approximate surface area is 205 Å². The molecule has 0 bridgehead atoms. The monoisotopic (exact) mass is 468 g/mol. The highest BCUT2D eigenvalue weighted by Crippen LogP contribution is 2.36. The zero-order valence-corrected chi connectivity index (χ0v) is 20.2. The summed E-state index contributed by atoms with van der Waals surface area (Å²) in [4.78, 5) is 27.2. The van der Waals surface area contributed by atoms with Crippen LogP contribution in [0, 0.1) is 6.92 Å². The van der Waals surface area contributed by atoms with Crippen molar-refractivity contribution in [1.82, 2.24) is 4.57 Å². The molecule has 178 valence electrons. The number of rotatable bonds is 8.